The summed E-state index contributed by atoms with van der Waals surface area (Å²) in [6.45, 7) is 4.33. The van der Waals surface area contributed by atoms with Crippen molar-refractivity contribution in [2.75, 3.05) is 0 Å². The molecule has 0 atom stereocenters. The van der Waals surface area contributed by atoms with Crippen molar-refractivity contribution >= 4 is 18.0 Å². The highest BCUT2D eigenvalue weighted by atomic mass is 19.4. The maximum Gasteiger partial charge on any atom is 0.573 e. The van der Waals surface area contributed by atoms with E-state index >= 15 is 0 Å². The molecule has 1 aliphatic rings. The van der Waals surface area contributed by atoms with Gasteiger partial charge in [-0.2, -0.15) is 0 Å². The normalized spacial score (nSPS) is 17.4. The molecule has 124 valence electrons. The Morgan fingerprint density at radius 1 is 1.09 bits per heavy atom. The lowest BCUT2D eigenvalue weighted by molar-refractivity contribution is -0.274. The number of cyclic esters (lactones) is 2. The highest BCUT2D eigenvalue weighted by Gasteiger charge is 2.39. The van der Waals surface area contributed by atoms with Crippen LogP contribution in [0.15, 0.2) is 23.8 Å². The fourth-order valence-corrected chi connectivity index (χ4v) is 2.00. The van der Waals surface area contributed by atoms with Gasteiger partial charge >= 0.3 is 18.3 Å². The second-order valence-corrected chi connectivity index (χ2v) is 5.36. The van der Waals surface area contributed by atoms with E-state index in [2.05, 4.69) is 4.74 Å². The SMILES string of the molecule is Cc1cc(C=C2C(=O)OC(C)(C)OC2=O)cc(OC(F)(F)F)c1. The summed E-state index contributed by atoms with van der Waals surface area (Å²) in [5.74, 6) is -3.66. The maximum atomic E-state index is 12.3. The summed E-state index contributed by atoms with van der Waals surface area (Å²) in [4.78, 5) is 23.6. The molecule has 1 fully saturated rings. The third kappa shape index (κ3) is 4.48. The smallest absolute Gasteiger partial charge is 0.419 e. The van der Waals surface area contributed by atoms with E-state index < -0.39 is 35.4 Å². The Kier molecular flexibility index (Phi) is 4.10. The van der Waals surface area contributed by atoms with Crippen LogP contribution in [0.1, 0.15) is 25.0 Å². The number of halogens is 3. The van der Waals surface area contributed by atoms with Crippen molar-refractivity contribution in [1.82, 2.24) is 0 Å². The average Bonchev–Trinajstić information content (AvgIpc) is 2.29. The molecule has 1 heterocycles. The van der Waals surface area contributed by atoms with Crippen molar-refractivity contribution in [2.45, 2.75) is 32.9 Å². The van der Waals surface area contributed by atoms with Crippen LogP contribution in [0.3, 0.4) is 0 Å². The molecule has 0 aliphatic carbocycles. The largest absolute Gasteiger partial charge is 0.573 e. The molecule has 8 heteroatoms. The van der Waals surface area contributed by atoms with Gasteiger partial charge < -0.3 is 14.2 Å². The molecule has 0 aromatic heterocycles. The number of rotatable bonds is 2. The molecule has 0 N–H and O–H groups in total. The molecule has 0 unspecified atom stereocenters. The lowest BCUT2D eigenvalue weighted by atomic mass is 10.1. The third-order valence-corrected chi connectivity index (χ3v) is 2.73. The molecule has 23 heavy (non-hydrogen) atoms. The van der Waals surface area contributed by atoms with Gasteiger partial charge in [-0.15, -0.1) is 13.2 Å². The third-order valence-electron chi connectivity index (χ3n) is 2.73. The number of alkyl halides is 3. The van der Waals surface area contributed by atoms with Gasteiger partial charge in [0.05, 0.1) is 0 Å². The van der Waals surface area contributed by atoms with Gasteiger partial charge in [-0.25, -0.2) is 9.59 Å². The number of hydrogen-bond acceptors (Lipinski definition) is 5. The number of ether oxygens (including phenoxy) is 3. The van der Waals surface area contributed by atoms with Gasteiger partial charge in [0.15, 0.2) is 0 Å². The highest BCUT2D eigenvalue weighted by molar-refractivity contribution is 6.18. The van der Waals surface area contributed by atoms with Crippen LogP contribution in [0.4, 0.5) is 13.2 Å². The van der Waals surface area contributed by atoms with Crippen LogP contribution in [0, 0.1) is 6.92 Å². The van der Waals surface area contributed by atoms with Crippen LogP contribution in [0.25, 0.3) is 6.08 Å². The molecule has 0 spiro atoms. The Morgan fingerprint density at radius 3 is 2.17 bits per heavy atom. The molecule has 2 rings (SSSR count). The maximum absolute atomic E-state index is 12.3. The first-order chi connectivity index (χ1) is 10.5. The zero-order valence-electron chi connectivity index (χ0n) is 12.5. The lowest BCUT2D eigenvalue weighted by Crippen LogP contribution is -2.41. The van der Waals surface area contributed by atoms with Gasteiger partial charge in [-0.3, -0.25) is 0 Å². The van der Waals surface area contributed by atoms with Crippen molar-refractivity contribution < 1.29 is 37.0 Å². The summed E-state index contributed by atoms with van der Waals surface area (Å²) in [7, 11) is 0. The Bertz CT molecular complexity index is 667. The molecule has 5 nitrogen and oxygen atoms in total. The molecule has 0 radical (unpaired) electrons. The van der Waals surface area contributed by atoms with E-state index in [9.17, 15) is 22.8 Å². The summed E-state index contributed by atoms with van der Waals surface area (Å²) in [5.41, 5.74) is 0.220. The Hall–Kier alpha value is -2.51. The summed E-state index contributed by atoms with van der Waals surface area (Å²) in [6, 6.07) is 3.71. The lowest BCUT2D eigenvalue weighted by Gasteiger charge is -2.29. The number of carbonyl (C=O) groups is 2. The van der Waals surface area contributed by atoms with Crippen molar-refractivity contribution in [3.8, 4) is 5.75 Å². The Morgan fingerprint density at radius 2 is 1.65 bits per heavy atom. The fourth-order valence-electron chi connectivity index (χ4n) is 2.00. The summed E-state index contributed by atoms with van der Waals surface area (Å²) < 4.78 is 50.5. The predicted octanol–water partition coefficient (Wildman–Crippen LogP) is 3.11. The zero-order valence-corrected chi connectivity index (χ0v) is 12.5. The topological polar surface area (TPSA) is 61.8 Å². The van der Waals surface area contributed by atoms with Gasteiger partial charge in [0.2, 0.25) is 0 Å². The number of benzene rings is 1. The quantitative estimate of drug-likeness (QED) is 0.474. The molecule has 1 saturated heterocycles. The van der Waals surface area contributed by atoms with Crippen LogP contribution < -0.4 is 4.74 Å². The molecule has 0 amide bonds. The van der Waals surface area contributed by atoms with Crippen LogP contribution in [0.5, 0.6) is 5.75 Å². The van der Waals surface area contributed by atoms with E-state index in [1.54, 1.807) is 6.92 Å². The van der Waals surface area contributed by atoms with Crippen molar-refractivity contribution in [2.24, 2.45) is 0 Å². The van der Waals surface area contributed by atoms with Crippen LogP contribution >= 0.6 is 0 Å². The number of carbonyl (C=O) groups excluding carboxylic acids is 2. The minimum atomic E-state index is -4.84. The fraction of sp³-hybridized carbons (Fsp3) is 0.333. The number of aryl methyl sites for hydroxylation is 1. The minimum absolute atomic E-state index is 0.174. The summed E-state index contributed by atoms with van der Waals surface area (Å²) >= 11 is 0. The van der Waals surface area contributed by atoms with E-state index in [1.165, 1.54) is 26.0 Å². The van der Waals surface area contributed by atoms with Crippen molar-refractivity contribution in [3.63, 3.8) is 0 Å². The molecule has 0 saturated carbocycles. The average molecular weight is 330 g/mol. The van der Waals surface area contributed by atoms with Gasteiger partial charge in [0.1, 0.15) is 11.3 Å². The molecule has 1 aliphatic heterocycles. The summed E-state index contributed by atoms with van der Waals surface area (Å²) in [6.07, 6.45) is -3.75. The molecule has 1 aromatic carbocycles. The van der Waals surface area contributed by atoms with Gasteiger partial charge in [0, 0.05) is 13.8 Å². The van der Waals surface area contributed by atoms with Crippen LogP contribution in [-0.4, -0.2) is 24.1 Å². The summed E-state index contributed by atoms with van der Waals surface area (Å²) in [5, 5.41) is 0. The zero-order chi connectivity index (χ0) is 17.4. The van der Waals surface area contributed by atoms with Crippen LogP contribution in [0.2, 0.25) is 0 Å². The molecule has 1 aromatic rings. The standard InChI is InChI=1S/C15H13F3O5/c1-8-4-9(6-10(5-8)21-15(16,17)18)7-11-12(19)22-14(2,3)23-13(11)20/h4-7H,1-3H3. The first kappa shape index (κ1) is 16.9. The first-order valence-electron chi connectivity index (χ1n) is 6.51. The molecular weight excluding hydrogens is 317 g/mol. The Labute approximate surface area is 129 Å². The molecule has 0 bridgehead atoms. The van der Waals surface area contributed by atoms with Crippen molar-refractivity contribution in [1.29, 1.82) is 0 Å². The van der Waals surface area contributed by atoms with Crippen LogP contribution in [-0.2, 0) is 19.1 Å². The van der Waals surface area contributed by atoms with E-state index in [0.717, 1.165) is 12.1 Å². The number of esters is 2. The minimum Gasteiger partial charge on any atom is -0.419 e. The van der Waals surface area contributed by atoms with Gasteiger partial charge in [0.25, 0.3) is 5.79 Å². The molecular formula is C15H13F3O5. The van der Waals surface area contributed by atoms with E-state index in [0.29, 0.717) is 5.56 Å². The highest BCUT2D eigenvalue weighted by Crippen LogP contribution is 2.28. The van der Waals surface area contributed by atoms with E-state index in [1.807, 2.05) is 0 Å². The predicted molar refractivity (Wildman–Crippen MR) is 72.1 cm³/mol. The van der Waals surface area contributed by atoms with Crippen molar-refractivity contribution in [3.05, 3.63) is 34.9 Å². The van der Waals surface area contributed by atoms with E-state index in [4.69, 9.17) is 9.47 Å². The van der Waals surface area contributed by atoms with Gasteiger partial charge in [-0.05, 0) is 36.3 Å². The van der Waals surface area contributed by atoms with Gasteiger partial charge in [-0.1, -0.05) is 6.07 Å². The number of hydrogen-bond donors (Lipinski definition) is 0. The first-order valence-corrected chi connectivity index (χ1v) is 6.51. The Balaban J connectivity index is 2.35. The monoisotopic (exact) mass is 330 g/mol. The second kappa shape index (κ2) is 5.60. The van der Waals surface area contributed by atoms with E-state index in [-0.39, 0.29) is 5.56 Å². The second-order valence-electron chi connectivity index (χ2n) is 5.36.